The number of aryl methyl sites for hydroxylation is 1. The van der Waals surface area contributed by atoms with Gasteiger partial charge in [0.1, 0.15) is 29.2 Å². The summed E-state index contributed by atoms with van der Waals surface area (Å²) >= 11 is 0. The summed E-state index contributed by atoms with van der Waals surface area (Å²) in [5, 5.41) is 25.1. The molecule has 0 aliphatic carbocycles. The van der Waals surface area contributed by atoms with Crippen LogP contribution in [0.1, 0.15) is 63.3 Å². The van der Waals surface area contributed by atoms with Gasteiger partial charge in [-0.15, -0.1) is 0 Å². The minimum Gasteiger partial charge on any atom is -0.508 e. The number of rotatable bonds is 10. The molecule has 37 heavy (non-hydrogen) atoms. The maximum atomic E-state index is 13.8. The van der Waals surface area contributed by atoms with Gasteiger partial charge < -0.3 is 30.5 Å². The minimum atomic E-state index is -1.05. The van der Waals surface area contributed by atoms with Crippen LogP contribution >= 0.6 is 0 Å². The highest BCUT2D eigenvalue weighted by atomic mass is 16.6. The van der Waals surface area contributed by atoms with E-state index in [2.05, 4.69) is 10.6 Å². The van der Waals surface area contributed by atoms with Crippen LogP contribution in [0.4, 0.5) is 4.79 Å². The molecule has 0 aliphatic rings. The van der Waals surface area contributed by atoms with E-state index < -0.39 is 29.7 Å². The molecule has 2 atom stereocenters. The molecule has 0 aromatic heterocycles. The number of unbranched alkanes of at least 4 members (excludes halogenated alkanes) is 1. The number of nitrogens with zero attached hydrogens (tertiary/aromatic N) is 1. The molecule has 0 spiro atoms. The van der Waals surface area contributed by atoms with Gasteiger partial charge >= 0.3 is 6.09 Å². The number of aromatic hydroxyl groups is 2. The van der Waals surface area contributed by atoms with Crippen LogP contribution in [0.5, 0.6) is 11.5 Å². The highest BCUT2D eigenvalue weighted by Gasteiger charge is 2.34. The smallest absolute Gasteiger partial charge is 0.408 e. The fraction of sp³-hybridized carbons (Fsp3) is 0.464. The van der Waals surface area contributed by atoms with Crippen molar-refractivity contribution >= 4 is 17.9 Å². The number of benzene rings is 2. The molecule has 0 saturated heterocycles. The van der Waals surface area contributed by atoms with E-state index in [1.807, 2.05) is 6.92 Å². The lowest BCUT2D eigenvalue weighted by Gasteiger charge is -2.32. The number of carbonyl (C=O) groups is 3. The van der Waals surface area contributed by atoms with Crippen LogP contribution in [0.25, 0.3) is 0 Å². The second-order valence-corrected chi connectivity index (χ2v) is 10.1. The summed E-state index contributed by atoms with van der Waals surface area (Å²) in [5.74, 6) is -0.703. The number of likely N-dealkylation sites (N-methyl/N-ethyl adjacent to an activating group) is 1. The lowest BCUT2D eigenvalue weighted by Crippen LogP contribution is -2.52. The third-order valence-electron chi connectivity index (χ3n) is 5.71. The van der Waals surface area contributed by atoms with E-state index in [1.165, 1.54) is 30.1 Å². The predicted octanol–water partition coefficient (Wildman–Crippen LogP) is 3.96. The van der Waals surface area contributed by atoms with Crippen molar-refractivity contribution in [3.05, 3.63) is 59.2 Å². The number of amides is 3. The van der Waals surface area contributed by atoms with Crippen LogP contribution in [0.2, 0.25) is 0 Å². The van der Waals surface area contributed by atoms with Crippen LogP contribution in [0, 0.1) is 6.92 Å². The summed E-state index contributed by atoms with van der Waals surface area (Å²) in [4.78, 5) is 41.0. The summed E-state index contributed by atoms with van der Waals surface area (Å²) in [6, 6.07) is 9.03. The summed E-state index contributed by atoms with van der Waals surface area (Å²) in [7, 11) is 1.51. The van der Waals surface area contributed by atoms with Crippen molar-refractivity contribution in [3.8, 4) is 11.5 Å². The highest BCUT2D eigenvalue weighted by Crippen LogP contribution is 2.26. The third kappa shape index (κ3) is 9.00. The molecule has 2 aromatic rings. The van der Waals surface area contributed by atoms with Gasteiger partial charge in [0.05, 0.1) is 0 Å². The molecule has 0 aliphatic heterocycles. The van der Waals surface area contributed by atoms with Gasteiger partial charge in [-0.05, 0) is 75.1 Å². The number of phenolic OH excluding ortho intramolecular Hbond substituents is 2. The Balaban J connectivity index is 2.41. The number of hydrogen-bond donors (Lipinski definition) is 4. The number of hydrogen-bond acceptors (Lipinski definition) is 6. The molecule has 4 N–H and O–H groups in total. The fourth-order valence-electron chi connectivity index (χ4n) is 3.78. The number of phenols is 2. The van der Waals surface area contributed by atoms with E-state index in [9.17, 15) is 24.6 Å². The largest absolute Gasteiger partial charge is 0.508 e. The zero-order valence-electron chi connectivity index (χ0n) is 22.5. The molecule has 0 radical (unpaired) electrons. The Morgan fingerprint density at radius 1 is 1.05 bits per heavy atom. The molecule has 2 unspecified atom stereocenters. The average molecular weight is 514 g/mol. The molecule has 9 heteroatoms. The van der Waals surface area contributed by atoms with Gasteiger partial charge in [0.2, 0.25) is 11.8 Å². The Kier molecular flexibility index (Phi) is 10.3. The van der Waals surface area contributed by atoms with Crippen molar-refractivity contribution in [2.24, 2.45) is 0 Å². The van der Waals surface area contributed by atoms with E-state index in [1.54, 1.807) is 52.0 Å². The summed E-state index contributed by atoms with van der Waals surface area (Å²) in [6.45, 7) is 9.35. The number of ether oxygens (including phenoxy) is 1. The van der Waals surface area contributed by atoms with Gasteiger partial charge in [-0.25, -0.2) is 4.79 Å². The standard InChI is InChI=1S/C28H39N3O6/c1-7-8-15-29-25(34)24(20-11-14-23(33)18(2)16-20)31(6)26(35)22(30-27(36)37-28(3,4)5)17-19-9-12-21(32)13-10-19/h9-14,16,22,24,32-33H,7-8,15,17H2,1-6H3,(H,29,34)(H,30,36). The SMILES string of the molecule is CCCCNC(=O)C(c1ccc(O)c(C)c1)N(C)C(=O)C(Cc1ccc(O)cc1)NC(=O)OC(C)(C)C. The Morgan fingerprint density at radius 2 is 1.70 bits per heavy atom. The molecular formula is C28H39N3O6. The summed E-state index contributed by atoms with van der Waals surface area (Å²) < 4.78 is 5.37. The topological polar surface area (TPSA) is 128 Å². The first-order chi connectivity index (χ1) is 17.3. The molecule has 202 valence electrons. The Bertz CT molecular complexity index is 1080. The first kappa shape index (κ1) is 29.5. The van der Waals surface area contributed by atoms with Gasteiger partial charge in [0, 0.05) is 20.0 Å². The van der Waals surface area contributed by atoms with E-state index in [4.69, 9.17) is 4.74 Å². The Labute approximate surface area is 218 Å². The second kappa shape index (κ2) is 13.0. The molecule has 2 aromatic carbocycles. The molecular weight excluding hydrogens is 474 g/mol. The quantitative estimate of drug-likeness (QED) is 0.356. The average Bonchev–Trinajstić information content (AvgIpc) is 2.81. The maximum absolute atomic E-state index is 13.8. The van der Waals surface area contributed by atoms with Crippen molar-refractivity contribution in [2.45, 2.75) is 71.6 Å². The van der Waals surface area contributed by atoms with Crippen molar-refractivity contribution in [2.75, 3.05) is 13.6 Å². The normalized spacial score (nSPS) is 12.8. The van der Waals surface area contributed by atoms with Crippen LogP contribution < -0.4 is 10.6 Å². The van der Waals surface area contributed by atoms with Gasteiger partial charge in [-0.2, -0.15) is 0 Å². The maximum Gasteiger partial charge on any atom is 0.408 e. The monoisotopic (exact) mass is 513 g/mol. The highest BCUT2D eigenvalue weighted by molar-refractivity contribution is 5.92. The zero-order valence-corrected chi connectivity index (χ0v) is 22.5. The first-order valence-corrected chi connectivity index (χ1v) is 12.4. The van der Waals surface area contributed by atoms with Crippen LogP contribution in [-0.2, 0) is 20.7 Å². The molecule has 9 nitrogen and oxygen atoms in total. The van der Waals surface area contributed by atoms with Gasteiger partial charge in [-0.3, -0.25) is 9.59 Å². The van der Waals surface area contributed by atoms with Crippen molar-refractivity contribution in [1.82, 2.24) is 15.5 Å². The Morgan fingerprint density at radius 3 is 2.27 bits per heavy atom. The third-order valence-corrected chi connectivity index (χ3v) is 5.71. The van der Waals surface area contributed by atoms with Crippen LogP contribution in [-0.4, -0.2) is 58.3 Å². The molecule has 2 rings (SSSR count). The molecule has 0 heterocycles. The molecule has 3 amide bonds. The van der Waals surface area contributed by atoms with Crippen molar-refractivity contribution < 1.29 is 29.3 Å². The summed E-state index contributed by atoms with van der Waals surface area (Å²) in [6.07, 6.45) is 1.03. The number of alkyl carbamates (subject to hydrolysis) is 1. The number of carbonyl (C=O) groups excluding carboxylic acids is 3. The fourth-order valence-corrected chi connectivity index (χ4v) is 3.78. The van der Waals surface area contributed by atoms with Crippen LogP contribution in [0.3, 0.4) is 0 Å². The van der Waals surface area contributed by atoms with Gasteiger partial charge in [0.25, 0.3) is 0 Å². The van der Waals surface area contributed by atoms with Crippen LogP contribution in [0.15, 0.2) is 42.5 Å². The van der Waals surface area contributed by atoms with E-state index in [0.717, 1.165) is 12.8 Å². The first-order valence-electron chi connectivity index (χ1n) is 12.4. The zero-order chi connectivity index (χ0) is 27.8. The second-order valence-electron chi connectivity index (χ2n) is 10.1. The van der Waals surface area contributed by atoms with Gasteiger partial charge in [0.15, 0.2) is 0 Å². The lowest BCUT2D eigenvalue weighted by atomic mass is 9.99. The molecule has 0 fully saturated rings. The Hall–Kier alpha value is -3.75. The molecule has 0 bridgehead atoms. The summed E-state index contributed by atoms with van der Waals surface area (Å²) in [5.41, 5.74) is 1.02. The minimum absolute atomic E-state index is 0.0790. The predicted molar refractivity (Wildman–Crippen MR) is 141 cm³/mol. The van der Waals surface area contributed by atoms with E-state index >= 15 is 0 Å². The van der Waals surface area contributed by atoms with E-state index in [-0.39, 0.29) is 23.8 Å². The lowest BCUT2D eigenvalue weighted by molar-refractivity contribution is -0.140. The van der Waals surface area contributed by atoms with Crippen molar-refractivity contribution in [1.29, 1.82) is 0 Å². The van der Waals surface area contributed by atoms with E-state index in [0.29, 0.717) is 23.2 Å². The molecule has 0 saturated carbocycles. The number of nitrogens with one attached hydrogen (secondary N) is 2. The van der Waals surface area contributed by atoms with Gasteiger partial charge in [-0.1, -0.05) is 31.5 Å². The van der Waals surface area contributed by atoms with Crippen molar-refractivity contribution in [3.63, 3.8) is 0 Å².